The largest absolute Gasteiger partial charge is 0.393 e. The van der Waals surface area contributed by atoms with Gasteiger partial charge in [-0.3, -0.25) is 0 Å². The lowest BCUT2D eigenvalue weighted by Crippen LogP contribution is -2.28. The Hall–Kier alpha value is -0.980. The third-order valence-electron chi connectivity index (χ3n) is 5.62. The van der Waals surface area contributed by atoms with Gasteiger partial charge in [-0.1, -0.05) is 30.3 Å². The molecule has 2 unspecified atom stereocenters. The summed E-state index contributed by atoms with van der Waals surface area (Å²) >= 11 is 0. The molecule has 3 rings (SSSR count). The van der Waals surface area contributed by atoms with Crippen molar-refractivity contribution in [2.75, 3.05) is 13.2 Å². The first-order chi connectivity index (χ1) is 12.1. The van der Waals surface area contributed by atoms with Gasteiger partial charge in [0.05, 0.1) is 31.5 Å². The summed E-state index contributed by atoms with van der Waals surface area (Å²) in [6, 6.07) is 10.2. The van der Waals surface area contributed by atoms with Crippen LogP contribution in [-0.2, 0) is 15.9 Å². The zero-order valence-corrected chi connectivity index (χ0v) is 14.7. The summed E-state index contributed by atoms with van der Waals surface area (Å²) in [6.07, 6.45) is 2.26. The molecule has 1 heterocycles. The highest BCUT2D eigenvalue weighted by atomic mass is 16.7. The van der Waals surface area contributed by atoms with Crippen LogP contribution in [0.25, 0.3) is 0 Å². The van der Waals surface area contributed by atoms with Gasteiger partial charge in [0.25, 0.3) is 0 Å². The number of rotatable bonds is 8. The number of hydrogen-bond donors (Lipinski definition) is 3. The summed E-state index contributed by atoms with van der Waals surface area (Å²) in [5.41, 5.74) is 1.23. The molecule has 0 amide bonds. The topological polar surface area (TPSA) is 79.2 Å². The molecule has 5 heteroatoms. The van der Waals surface area contributed by atoms with Crippen LogP contribution in [0.5, 0.6) is 0 Å². The van der Waals surface area contributed by atoms with Crippen molar-refractivity contribution in [2.45, 2.75) is 63.1 Å². The highest BCUT2D eigenvalue weighted by molar-refractivity contribution is 5.14. The number of aryl methyl sites for hydroxylation is 1. The van der Waals surface area contributed by atoms with Crippen LogP contribution in [0, 0.1) is 11.8 Å². The minimum Gasteiger partial charge on any atom is -0.393 e. The van der Waals surface area contributed by atoms with Crippen LogP contribution >= 0.6 is 0 Å². The van der Waals surface area contributed by atoms with E-state index >= 15 is 0 Å². The number of hydrogen-bond acceptors (Lipinski definition) is 5. The second-order valence-corrected chi connectivity index (χ2v) is 7.36. The second-order valence-electron chi connectivity index (χ2n) is 7.36. The van der Waals surface area contributed by atoms with Gasteiger partial charge in [-0.15, -0.1) is 0 Å². The molecule has 2 aliphatic rings. The van der Waals surface area contributed by atoms with Crippen molar-refractivity contribution in [1.82, 2.24) is 0 Å². The molecule has 0 bridgehead atoms. The Morgan fingerprint density at radius 1 is 0.960 bits per heavy atom. The van der Waals surface area contributed by atoms with E-state index in [4.69, 9.17) is 9.47 Å². The van der Waals surface area contributed by atoms with Crippen molar-refractivity contribution >= 4 is 0 Å². The molecule has 1 aromatic carbocycles. The summed E-state index contributed by atoms with van der Waals surface area (Å²) < 4.78 is 11.0. The van der Waals surface area contributed by atoms with Gasteiger partial charge in [0.15, 0.2) is 6.29 Å². The molecule has 1 aliphatic heterocycles. The van der Waals surface area contributed by atoms with Gasteiger partial charge in [-0.25, -0.2) is 0 Å². The second kappa shape index (κ2) is 9.10. The van der Waals surface area contributed by atoms with Crippen molar-refractivity contribution in [3.8, 4) is 0 Å². The van der Waals surface area contributed by atoms with Crippen molar-refractivity contribution in [2.24, 2.45) is 11.8 Å². The quantitative estimate of drug-likeness (QED) is 0.667. The van der Waals surface area contributed by atoms with E-state index in [1.807, 2.05) is 18.2 Å². The average molecular weight is 350 g/mol. The van der Waals surface area contributed by atoms with Crippen LogP contribution in [0.3, 0.4) is 0 Å². The zero-order chi connectivity index (χ0) is 17.6. The molecule has 5 nitrogen and oxygen atoms in total. The Kier molecular flexibility index (Phi) is 6.84. The third kappa shape index (κ3) is 5.25. The predicted octanol–water partition coefficient (Wildman–Crippen LogP) is 1.88. The molecule has 0 radical (unpaired) electrons. The van der Waals surface area contributed by atoms with Crippen molar-refractivity contribution in [3.63, 3.8) is 0 Å². The maximum Gasteiger partial charge on any atom is 0.158 e. The normalized spacial score (nSPS) is 31.5. The maximum absolute atomic E-state index is 10.3. The summed E-state index contributed by atoms with van der Waals surface area (Å²) in [5.74, 6) is -0.0337. The molecule has 140 valence electrons. The van der Waals surface area contributed by atoms with Crippen LogP contribution in [0.4, 0.5) is 0 Å². The zero-order valence-electron chi connectivity index (χ0n) is 14.7. The fourth-order valence-corrected chi connectivity index (χ4v) is 4.18. The highest BCUT2D eigenvalue weighted by Gasteiger charge is 2.43. The number of aliphatic hydroxyl groups is 3. The molecule has 2 fully saturated rings. The van der Waals surface area contributed by atoms with E-state index in [1.54, 1.807) is 0 Å². The number of ether oxygens (including phenoxy) is 2. The first-order valence-corrected chi connectivity index (χ1v) is 9.45. The highest BCUT2D eigenvalue weighted by Crippen LogP contribution is 2.39. The molecular weight excluding hydrogens is 320 g/mol. The van der Waals surface area contributed by atoms with E-state index < -0.39 is 12.2 Å². The molecule has 1 saturated carbocycles. The van der Waals surface area contributed by atoms with Crippen LogP contribution < -0.4 is 0 Å². The Labute approximate surface area is 149 Å². The molecule has 5 atom stereocenters. The maximum atomic E-state index is 10.3. The van der Waals surface area contributed by atoms with Crippen molar-refractivity contribution in [3.05, 3.63) is 35.9 Å². The van der Waals surface area contributed by atoms with Gasteiger partial charge >= 0.3 is 0 Å². The molecule has 1 aliphatic carbocycles. The lowest BCUT2D eigenvalue weighted by Gasteiger charge is -2.26. The predicted molar refractivity (Wildman–Crippen MR) is 93.9 cm³/mol. The van der Waals surface area contributed by atoms with E-state index in [-0.39, 0.29) is 24.2 Å². The fraction of sp³-hybridized carbons (Fsp3) is 0.700. The van der Waals surface area contributed by atoms with Gasteiger partial charge in [0.1, 0.15) is 0 Å². The monoisotopic (exact) mass is 350 g/mol. The van der Waals surface area contributed by atoms with Crippen molar-refractivity contribution < 1.29 is 24.8 Å². The molecule has 0 aromatic heterocycles. The minimum absolute atomic E-state index is 0.00539. The summed E-state index contributed by atoms with van der Waals surface area (Å²) in [5, 5.41) is 30.9. The SMILES string of the molecule is OC1CC(O)[C@H](CC2OCCO2)[C@H]1CC[C@@H](O)CCc1ccccc1. The van der Waals surface area contributed by atoms with Crippen LogP contribution in [0.2, 0.25) is 0 Å². The minimum atomic E-state index is -0.519. The number of benzene rings is 1. The smallest absolute Gasteiger partial charge is 0.158 e. The Balaban J connectivity index is 1.45. The Morgan fingerprint density at radius 3 is 2.36 bits per heavy atom. The first kappa shape index (κ1) is 18.8. The van der Waals surface area contributed by atoms with E-state index in [9.17, 15) is 15.3 Å². The van der Waals surface area contributed by atoms with Gasteiger partial charge in [-0.05, 0) is 49.5 Å². The summed E-state index contributed by atoms with van der Waals surface area (Å²) in [6.45, 7) is 1.19. The van der Waals surface area contributed by atoms with E-state index in [2.05, 4.69) is 12.1 Å². The van der Waals surface area contributed by atoms with Crippen molar-refractivity contribution in [1.29, 1.82) is 0 Å². The summed E-state index contributed by atoms with van der Waals surface area (Å²) in [4.78, 5) is 0. The van der Waals surface area contributed by atoms with E-state index in [0.29, 0.717) is 38.9 Å². The van der Waals surface area contributed by atoms with E-state index in [0.717, 1.165) is 12.8 Å². The van der Waals surface area contributed by atoms with Gasteiger partial charge < -0.3 is 24.8 Å². The Morgan fingerprint density at radius 2 is 1.64 bits per heavy atom. The number of aliphatic hydroxyl groups excluding tert-OH is 3. The standard InChI is InChI=1S/C20H30O5/c21-15(7-6-14-4-2-1-3-5-14)8-9-16-17(19(23)13-18(16)22)12-20-24-10-11-25-20/h1-5,15-23H,6-13H2/t15-,16+,17+,18?,19?/m0/s1. The lowest BCUT2D eigenvalue weighted by molar-refractivity contribution is -0.0730. The molecule has 25 heavy (non-hydrogen) atoms. The van der Waals surface area contributed by atoms with Crippen LogP contribution in [0.1, 0.15) is 37.7 Å². The van der Waals surface area contributed by atoms with E-state index in [1.165, 1.54) is 5.56 Å². The molecule has 1 aromatic rings. The summed E-state index contributed by atoms with van der Waals surface area (Å²) in [7, 11) is 0. The molecule has 3 N–H and O–H groups in total. The lowest BCUT2D eigenvalue weighted by atomic mass is 9.85. The molecule has 1 saturated heterocycles. The van der Waals surface area contributed by atoms with Crippen LogP contribution in [0.15, 0.2) is 30.3 Å². The third-order valence-corrected chi connectivity index (χ3v) is 5.62. The molecular formula is C20H30O5. The van der Waals surface area contributed by atoms with Gasteiger partial charge in [-0.2, -0.15) is 0 Å². The molecule has 0 spiro atoms. The first-order valence-electron chi connectivity index (χ1n) is 9.45. The fourth-order valence-electron chi connectivity index (χ4n) is 4.18. The van der Waals surface area contributed by atoms with Gasteiger partial charge in [0.2, 0.25) is 0 Å². The van der Waals surface area contributed by atoms with Gasteiger partial charge in [0, 0.05) is 6.42 Å². The average Bonchev–Trinajstić information content (AvgIpc) is 3.21. The van der Waals surface area contributed by atoms with Crippen LogP contribution in [-0.4, -0.2) is 53.1 Å². The Bertz CT molecular complexity index is 502.